The lowest BCUT2D eigenvalue weighted by Gasteiger charge is -2.07. The topological polar surface area (TPSA) is 86.2 Å². The third kappa shape index (κ3) is 3.25. The van der Waals surface area contributed by atoms with Crippen LogP contribution in [0.2, 0.25) is 5.02 Å². The third-order valence-electron chi connectivity index (χ3n) is 4.15. The number of aromatic nitrogens is 4. The highest BCUT2D eigenvalue weighted by molar-refractivity contribution is 6.33. The second-order valence-corrected chi connectivity index (χ2v) is 6.38. The van der Waals surface area contributed by atoms with Gasteiger partial charge in [-0.15, -0.1) is 0 Å². The van der Waals surface area contributed by atoms with E-state index in [1.165, 1.54) is 30.0 Å². The number of fused-ring (bicyclic) bond motifs is 1. The molecule has 2 aromatic heterocycles. The van der Waals surface area contributed by atoms with Crippen LogP contribution in [0.15, 0.2) is 32.9 Å². The maximum absolute atomic E-state index is 13.8. The van der Waals surface area contributed by atoms with Gasteiger partial charge < -0.3 is 4.57 Å². The molecule has 1 N–H and O–H groups in total. The molecular formula is C17H18ClFN6O2. The van der Waals surface area contributed by atoms with E-state index in [-0.39, 0.29) is 22.2 Å². The molecule has 0 spiro atoms. The number of halogens is 2. The van der Waals surface area contributed by atoms with Gasteiger partial charge in [0, 0.05) is 26.2 Å². The Kier molecular flexibility index (Phi) is 5.13. The van der Waals surface area contributed by atoms with Crippen molar-refractivity contribution >= 4 is 34.9 Å². The first-order valence-corrected chi connectivity index (χ1v) is 8.64. The fourth-order valence-electron chi connectivity index (χ4n) is 2.76. The van der Waals surface area contributed by atoms with Gasteiger partial charge in [-0.05, 0) is 18.6 Å². The van der Waals surface area contributed by atoms with Gasteiger partial charge in [0.2, 0.25) is 5.95 Å². The van der Waals surface area contributed by atoms with E-state index in [1.54, 1.807) is 17.7 Å². The van der Waals surface area contributed by atoms with Gasteiger partial charge in [-0.2, -0.15) is 10.1 Å². The van der Waals surface area contributed by atoms with E-state index in [1.807, 2.05) is 6.92 Å². The average Bonchev–Trinajstić information content (AvgIpc) is 2.99. The summed E-state index contributed by atoms with van der Waals surface area (Å²) in [5.74, 6) is -0.236. The fourth-order valence-corrected chi connectivity index (χ4v) is 2.97. The molecule has 0 radical (unpaired) electrons. The molecule has 3 aromatic rings. The van der Waals surface area contributed by atoms with Gasteiger partial charge in [0.15, 0.2) is 11.2 Å². The molecule has 10 heteroatoms. The summed E-state index contributed by atoms with van der Waals surface area (Å²) < 4.78 is 17.8. The van der Waals surface area contributed by atoms with Crippen molar-refractivity contribution in [1.29, 1.82) is 0 Å². The van der Waals surface area contributed by atoms with Crippen LogP contribution in [0.5, 0.6) is 0 Å². The van der Waals surface area contributed by atoms with Crippen LogP contribution in [-0.4, -0.2) is 24.9 Å². The number of imidazole rings is 1. The Labute approximate surface area is 158 Å². The number of anilines is 1. The van der Waals surface area contributed by atoms with E-state index in [0.29, 0.717) is 12.1 Å². The molecule has 0 fully saturated rings. The van der Waals surface area contributed by atoms with Crippen molar-refractivity contribution in [2.24, 2.45) is 19.2 Å². The van der Waals surface area contributed by atoms with Gasteiger partial charge in [0.25, 0.3) is 5.56 Å². The van der Waals surface area contributed by atoms with Gasteiger partial charge in [-0.3, -0.25) is 13.9 Å². The molecule has 3 rings (SSSR count). The first kappa shape index (κ1) is 18.8. The fraction of sp³-hybridized carbons (Fsp3) is 0.294. The van der Waals surface area contributed by atoms with Crippen molar-refractivity contribution in [3.8, 4) is 0 Å². The van der Waals surface area contributed by atoms with Crippen LogP contribution >= 0.6 is 11.6 Å². The lowest BCUT2D eigenvalue weighted by molar-refractivity contribution is 0.626. The number of benzene rings is 1. The molecule has 0 aliphatic heterocycles. The van der Waals surface area contributed by atoms with Crippen LogP contribution in [0.4, 0.5) is 10.3 Å². The van der Waals surface area contributed by atoms with Crippen LogP contribution in [0, 0.1) is 5.82 Å². The van der Waals surface area contributed by atoms with Crippen LogP contribution < -0.4 is 16.7 Å². The Hall–Kier alpha value is -2.94. The van der Waals surface area contributed by atoms with Crippen LogP contribution in [0.3, 0.4) is 0 Å². The summed E-state index contributed by atoms with van der Waals surface area (Å²) >= 11 is 5.97. The smallest absolute Gasteiger partial charge is 0.303 e. The van der Waals surface area contributed by atoms with E-state index in [4.69, 9.17) is 11.6 Å². The molecule has 0 saturated carbocycles. The molecular weight excluding hydrogens is 375 g/mol. The first-order chi connectivity index (χ1) is 12.9. The Balaban J connectivity index is 2.09. The SMILES string of the molecule is CCCn1c(NN=Cc2c(F)cccc2Cl)nc2c1c(=O)n(C)c(=O)n2C. The molecule has 142 valence electrons. The largest absolute Gasteiger partial charge is 0.332 e. The maximum atomic E-state index is 13.8. The van der Waals surface area contributed by atoms with E-state index in [2.05, 4.69) is 15.5 Å². The van der Waals surface area contributed by atoms with E-state index in [9.17, 15) is 14.0 Å². The van der Waals surface area contributed by atoms with Crippen LogP contribution in [-0.2, 0) is 20.6 Å². The number of hydrogen-bond acceptors (Lipinski definition) is 5. The molecule has 0 unspecified atom stereocenters. The molecule has 0 bridgehead atoms. The van der Waals surface area contributed by atoms with Gasteiger partial charge in [-0.1, -0.05) is 24.6 Å². The lowest BCUT2D eigenvalue weighted by Crippen LogP contribution is -2.37. The van der Waals surface area contributed by atoms with Crippen molar-refractivity contribution in [2.75, 3.05) is 5.43 Å². The van der Waals surface area contributed by atoms with E-state index in [0.717, 1.165) is 11.0 Å². The van der Waals surface area contributed by atoms with Gasteiger partial charge >= 0.3 is 5.69 Å². The van der Waals surface area contributed by atoms with Crippen molar-refractivity contribution < 1.29 is 4.39 Å². The quantitative estimate of drug-likeness (QED) is 0.532. The molecule has 0 aliphatic rings. The number of nitrogens with one attached hydrogen (secondary N) is 1. The van der Waals surface area contributed by atoms with Crippen molar-refractivity contribution in [1.82, 2.24) is 18.7 Å². The second kappa shape index (κ2) is 7.36. The minimum atomic E-state index is -0.508. The molecule has 2 heterocycles. The van der Waals surface area contributed by atoms with Crippen molar-refractivity contribution in [3.05, 3.63) is 55.4 Å². The Morgan fingerprint density at radius 1 is 1.30 bits per heavy atom. The number of rotatable bonds is 5. The Morgan fingerprint density at radius 3 is 2.70 bits per heavy atom. The highest BCUT2D eigenvalue weighted by atomic mass is 35.5. The minimum Gasteiger partial charge on any atom is -0.303 e. The molecule has 8 nitrogen and oxygen atoms in total. The Bertz CT molecular complexity index is 1140. The lowest BCUT2D eigenvalue weighted by atomic mass is 10.2. The minimum absolute atomic E-state index is 0.133. The summed E-state index contributed by atoms with van der Waals surface area (Å²) in [6.07, 6.45) is 1.97. The highest BCUT2D eigenvalue weighted by Crippen LogP contribution is 2.18. The standard InChI is InChI=1S/C17H18ClFN6O2/c1-4-8-25-13-14(23(2)17(27)24(3)15(13)26)21-16(25)22-20-9-10-11(18)6-5-7-12(10)19/h5-7,9H,4,8H2,1-3H3,(H,21,22). The first-order valence-electron chi connectivity index (χ1n) is 8.26. The average molecular weight is 393 g/mol. The zero-order valence-corrected chi connectivity index (χ0v) is 15.8. The van der Waals surface area contributed by atoms with Gasteiger partial charge in [0.1, 0.15) is 5.82 Å². The summed E-state index contributed by atoms with van der Waals surface area (Å²) in [6, 6.07) is 4.33. The van der Waals surface area contributed by atoms with E-state index >= 15 is 0 Å². The predicted molar refractivity (Wildman–Crippen MR) is 103 cm³/mol. The maximum Gasteiger partial charge on any atom is 0.332 e. The number of hydrazone groups is 1. The molecule has 27 heavy (non-hydrogen) atoms. The molecule has 1 aromatic carbocycles. The summed E-state index contributed by atoms with van der Waals surface area (Å²) in [4.78, 5) is 29.0. The summed E-state index contributed by atoms with van der Waals surface area (Å²) in [5, 5.41) is 4.22. The number of nitrogens with zero attached hydrogens (tertiary/aromatic N) is 5. The summed E-state index contributed by atoms with van der Waals surface area (Å²) in [6.45, 7) is 2.44. The summed E-state index contributed by atoms with van der Waals surface area (Å²) in [5.41, 5.74) is 2.48. The van der Waals surface area contributed by atoms with Gasteiger partial charge in [0.05, 0.1) is 11.2 Å². The molecule has 0 aliphatic carbocycles. The van der Waals surface area contributed by atoms with Gasteiger partial charge in [-0.25, -0.2) is 14.6 Å². The molecule has 0 saturated heterocycles. The monoisotopic (exact) mass is 392 g/mol. The third-order valence-corrected chi connectivity index (χ3v) is 4.48. The second-order valence-electron chi connectivity index (χ2n) is 5.97. The van der Waals surface area contributed by atoms with Crippen molar-refractivity contribution in [2.45, 2.75) is 19.9 Å². The number of aryl methyl sites for hydroxylation is 2. The zero-order valence-electron chi connectivity index (χ0n) is 15.0. The molecule has 0 amide bonds. The number of hydrogen-bond donors (Lipinski definition) is 1. The predicted octanol–water partition coefficient (Wildman–Crippen LogP) is 2.08. The Morgan fingerprint density at radius 2 is 2.04 bits per heavy atom. The van der Waals surface area contributed by atoms with Crippen LogP contribution in [0.1, 0.15) is 18.9 Å². The normalized spacial score (nSPS) is 11.6. The zero-order chi connectivity index (χ0) is 19.7. The van der Waals surface area contributed by atoms with Crippen LogP contribution in [0.25, 0.3) is 11.2 Å². The molecule has 0 atom stereocenters. The van der Waals surface area contributed by atoms with E-state index < -0.39 is 17.1 Å². The van der Waals surface area contributed by atoms with Crippen molar-refractivity contribution in [3.63, 3.8) is 0 Å². The summed E-state index contributed by atoms with van der Waals surface area (Å²) in [7, 11) is 2.96. The highest BCUT2D eigenvalue weighted by Gasteiger charge is 2.18.